The van der Waals surface area contributed by atoms with Gasteiger partial charge in [-0.1, -0.05) is 0 Å². The molecule has 0 atom stereocenters. The Morgan fingerprint density at radius 1 is 1.26 bits per heavy atom. The molecule has 0 aromatic carbocycles. The third kappa shape index (κ3) is 4.15. The summed E-state index contributed by atoms with van der Waals surface area (Å²) in [5.74, 6) is -0.218. The van der Waals surface area contributed by atoms with Crippen molar-refractivity contribution in [1.82, 2.24) is 25.8 Å². The molecule has 2 aliphatic rings. The number of urea groups is 1. The van der Waals surface area contributed by atoms with Crippen LogP contribution >= 0.6 is 0 Å². The second-order valence-electron chi connectivity index (χ2n) is 5.08. The number of nitrogens with one attached hydrogen (secondary N) is 3. The first-order chi connectivity index (χ1) is 9.19. The molecule has 7 heteroatoms. The van der Waals surface area contributed by atoms with Crippen molar-refractivity contribution in [2.24, 2.45) is 0 Å². The van der Waals surface area contributed by atoms with Crippen LogP contribution in [0.1, 0.15) is 6.42 Å². The molecule has 0 radical (unpaired) electrons. The topological polar surface area (TPSA) is 76.7 Å². The lowest BCUT2D eigenvalue weighted by Crippen LogP contribution is -2.62. The predicted molar refractivity (Wildman–Crippen MR) is 71.9 cm³/mol. The molecule has 0 bridgehead atoms. The zero-order valence-electron chi connectivity index (χ0n) is 11.4. The smallest absolute Gasteiger partial charge is 0.321 e. The van der Waals surface area contributed by atoms with Crippen LogP contribution in [-0.2, 0) is 4.79 Å². The quantitative estimate of drug-likeness (QED) is 0.574. The Kier molecular flexibility index (Phi) is 5.12. The second kappa shape index (κ2) is 6.83. The third-order valence-corrected chi connectivity index (χ3v) is 3.74. The van der Waals surface area contributed by atoms with Gasteiger partial charge in [0.1, 0.15) is 0 Å². The van der Waals surface area contributed by atoms with Crippen molar-refractivity contribution < 1.29 is 9.59 Å². The minimum absolute atomic E-state index is 0.218. The maximum atomic E-state index is 11.4. The van der Waals surface area contributed by atoms with Crippen molar-refractivity contribution in [2.75, 3.05) is 52.9 Å². The highest BCUT2D eigenvalue weighted by Crippen LogP contribution is 2.15. The van der Waals surface area contributed by atoms with Crippen molar-refractivity contribution in [3.05, 3.63) is 0 Å². The number of imide groups is 1. The van der Waals surface area contributed by atoms with Crippen LogP contribution in [-0.4, -0.2) is 80.6 Å². The highest BCUT2D eigenvalue weighted by molar-refractivity contribution is 5.94. The fraction of sp³-hybridized carbons (Fsp3) is 0.833. The molecule has 0 spiro atoms. The molecule has 0 saturated carbocycles. The Bertz CT molecular complexity index is 324. The van der Waals surface area contributed by atoms with E-state index in [4.69, 9.17) is 0 Å². The van der Waals surface area contributed by atoms with Crippen LogP contribution in [0.4, 0.5) is 4.79 Å². The van der Waals surface area contributed by atoms with E-state index in [-0.39, 0.29) is 5.91 Å². The van der Waals surface area contributed by atoms with Gasteiger partial charge in [0, 0.05) is 65.3 Å². The molecule has 0 aromatic heterocycles. The van der Waals surface area contributed by atoms with Crippen LogP contribution in [0.25, 0.3) is 0 Å². The Labute approximate surface area is 113 Å². The Balaban J connectivity index is 1.57. The monoisotopic (exact) mass is 269 g/mol. The maximum absolute atomic E-state index is 11.4. The van der Waals surface area contributed by atoms with Crippen LogP contribution < -0.4 is 16.0 Å². The molecule has 0 aliphatic carbocycles. The fourth-order valence-electron chi connectivity index (χ4n) is 2.51. The van der Waals surface area contributed by atoms with Gasteiger partial charge in [0.25, 0.3) is 0 Å². The van der Waals surface area contributed by atoms with Crippen LogP contribution in [0.2, 0.25) is 0 Å². The lowest BCUT2D eigenvalue weighted by atomic mass is 10.1. The van der Waals surface area contributed by atoms with E-state index in [2.05, 4.69) is 25.8 Å². The number of piperazine rings is 1. The van der Waals surface area contributed by atoms with Gasteiger partial charge in [-0.05, 0) is 0 Å². The number of rotatable bonds is 4. The number of carbonyl (C=O) groups is 2. The highest BCUT2D eigenvalue weighted by atomic mass is 16.2. The molecule has 2 rings (SSSR count). The molecule has 108 valence electrons. The van der Waals surface area contributed by atoms with Crippen LogP contribution in [0.15, 0.2) is 0 Å². The summed E-state index contributed by atoms with van der Waals surface area (Å²) < 4.78 is 0. The largest absolute Gasteiger partial charge is 0.341 e. The molecule has 2 heterocycles. The molecule has 0 unspecified atom stereocenters. The van der Waals surface area contributed by atoms with Gasteiger partial charge in [0.15, 0.2) is 0 Å². The second-order valence-corrected chi connectivity index (χ2v) is 5.08. The maximum Gasteiger partial charge on any atom is 0.321 e. The van der Waals surface area contributed by atoms with Crippen molar-refractivity contribution in [3.8, 4) is 0 Å². The average molecular weight is 269 g/mol. The number of nitrogens with zero attached hydrogens (tertiary/aromatic N) is 2. The van der Waals surface area contributed by atoms with Crippen molar-refractivity contribution in [3.63, 3.8) is 0 Å². The Morgan fingerprint density at radius 2 is 1.95 bits per heavy atom. The lowest BCUT2D eigenvalue weighted by Gasteiger charge is -2.46. The minimum Gasteiger partial charge on any atom is -0.341 e. The predicted octanol–water partition coefficient (Wildman–Crippen LogP) is -1.58. The average Bonchev–Trinajstić information content (AvgIpc) is 2.38. The van der Waals surface area contributed by atoms with Crippen LogP contribution in [0.5, 0.6) is 0 Å². The van der Waals surface area contributed by atoms with Crippen LogP contribution in [0.3, 0.4) is 0 Å². The van der Waals surface area contributed by atoms with E-state index >= 15 is 0 Å². The number of hydrogen-bond acceptors (Lipinski definition) is 5. The van der Waals surface area contributed by atoms with E-state index < -0.39 is 6.03 Å². The lowest BCUT2D eigenvalue weighted by molar-refractivity contribution is -0.120. The van der Waals surface area contributed by atoms with Crippen molar-refractivity contribution in [2.45, 2.75) is 12.5 Å². The summed E-state index contributed by atoms with van der Waals surface area (Å²) in [5.41, 5.74) is 0. The molecule has 2 saturated heterocycles. The molecule has 19 heavy (non-hydrogen) atoms. The highest BCUT2D eigenvalue weighted by Gasteiger charge is 2.32. The summed E-state index contributed by atoms with van der Waals surface area (Å²) in [6.07, 6.45) is 0.377. The van der Waals surface area contributed by atoms with E-state index in [0.29, 0.717) is 12.5 Å². The normalized spacial score (nSPS) is 21.7. The van der Waals surface area contributed by atoms with Gasteiger partial charge in [-0.2, -0.15) is 0 Å². The molecule has 0 aromatic rings. The summed E-state index contributed by atoms with van der Waals surface area (Å²) in [4.78, 5) is 27.1. The van der Waals surface area contributed by atoms with E-state index in [9.17, 15) is 9.59 Å². The van der Waals surface area contributed by atoms with Gasteiger partial charge < -0.3 is 10.6 Å². The zero-order chi connectivity index (χ0) is 13.7. The Morgan fingerprint density at radius 3 is 2.58 bits per heavy atom. The third-order valence-electron chi connectivity index (χ3n) is 3.74. The first kappa shape index (κ1) is 14.2. The zero-order valence-corrected chi connectivity index (χ0v) is 11.4. The summed E-state index contributed by atoms with van der Waals surface area (Å²) in [6, 6.07) is 0.205. The van der Waals surface area contributed by atoms with Crippen molar-refractivity contribution >= 4 is 11.9 Å². The summed E-state index contributed by atoms with van der Waals surface area (Å²) in [5, 5.41) is 7.98. The van der Waals surface area contributed by atoms with E-state index in [1.807, 2.05) is 0 Å². The molecule has 3 amide bonds. The first-order valence-electron chi connectivity index (χ1n) is 6.87. The molecule has 3 N–H and O–H groups in total. The molecule has 2 fully saturated rings. The van der Waals surface area contributed by atoms with E-state index in [0.717, 1.165) is 45.8 Å². The minimum atomic E-state index is -0.438. The number of likely N-dealkylation sites (tertiary alicyclic amines) is 1. The van der Waals surface area contributed by atoms with Gasteiger partial charge in [0.05, 0.1) is 0 Å². The van der Waals surface area contributed by atoms with Crippen LogP contribution in [0, 0.1) is 0 Å². The summed E-state index contributed by atoms with van der Waals surface area (Å²) in [7, 11) is 1.50. The standard InChI is InChI=1S/C12H23N5O2/c1-13-12(19)15-11(18)2-5-16-8-10(9-16)17-6-3-14-4-7-17/h10,14H,2-9H2,1H3,(H2,13,15,18,19). The van der Waals surface area contributed by atoms with Crippen molar-refractivity contribution in [1.29, 1.82) is 0 Å². The van der Waals surface area contributed by atoms with E-state index in [1.165, 1.54) is 7.05 Å². The van der Waals surface area contributed by atoms with Gasteiger partial charge in [-0.25, -0.2) is 4.79 Å². The molecule has 2 aliphatic heterocycles. The molecule has 7 nitrogen and oxygen atoms in total. The Hall–Kier alpha value is -1.18. The number of carbonyl (C=O) groups excluding carboxylic acids is 2. The summed E-state index contributed by atoms with van der Waals surface area (Å²) in [6.45, 7) is 7.19. The number of amides is 3. The fourth-order valence-corrected chi connectivity index (χ4v) is 2.51. The first-order valence-corrected chi connectivity index (χ1v) is 6.87. The number of hydrogen-bond donors (Lipinski definition) is 3. The summed E-state index contributed by atoms with van der Waals surface area (Å²) >= 11 is 0. The molecular weight excluding hydrogens is 246 g/mol. The van der Waals surface area contributed by atoms with Gasteiger partial charge in [-0.3, -0.25) is 19.9 Å². The van der Waals surface area contributed by atoms with Gasteiger partial charge in [-0.15, -0.1) is 0 Å². The van der Waals surface area contributed by atoms with Gasteiger partial charge >= 0.3 is 6.03 Å². The molecular formula is C12H23N5O2. The van der Waals surface area contributed by atoms with E-state index in [1.54, 1.807) is 0 Å². The SMILES string of the molecule is CNC(=O)NC(=O)CCN1CC(N2CCNCC2)C1. The van der Waals surface area contributed by atoms with Gasteiger partial charge in [0.2, 0.25) is 5.91 Å².